The Morgan fingerprint density at radius 2 is 1.95 bits per heavy atom. The number of ether oxygens (including phenoxy) is 1. The van der Waals surface area contributed by atoms with Crippen molar-refractivity contribution in [1.29, 1.82) is 0 Å². The first kappa shape index (κ1) is 13.5. The standard InChI is InChI=1S/C15H16BrN3O/c16-12-7-11(8-18-9-12)15(19-17)10-1-3-13(4-2-10)20-14-5-6-14/h1-4,7-9,14-15,19H,5-6,17H2. The SMILES string of the molecule is NNC(c1ccc(OC2CC2)cc1)c1cncc(Br)c1. The Kier molecular flexibility index (Phi) is 4.00. The predicted octanol–water partition coefficient (Wildman–Crippen LogP) is 2.94. The molecule has 0 saturated heterocycles. The van der Waals surface area contributed by atoms with Gasteiger partial charge in [-0.1, -0.05) is 12.1 Å². The van der Waals surface area contributed by atoms with Crippen molar-refractivity contribution in [3.05, 3.63) is 58.3 Å². The number of rotatable bonds is 5. The van der Waals surface area contributed by atoms with E-state index >= 15 is 0 Å². The molecule has 3 N–H and O–H groups in total. The van der Waals surface area contributed by atoms with Gasteiger partial charge in [0.25, 0.3) is 0 Å². The predicted molar refractivity (Wildman–Crippen MR) is 81.2 cm³/mol. The molecule has 0 spiro atoms. The summed E-state index contributed by atoms with van der Waals surface area (Å²) in [6, 6.07) is 9.96. The molecule has 1 aromatic heterocycles. The first-order valence-electron chi connectivity index (χ1n) is 6.59. The van der Waals surface area contributed by atoms with E-state index in [2.05, 4.69) is 26.3 Å². The Balaban J connectivity index is 1.81. The highest BCUT2D eigenvalue weighted by Gasteiger charge is 2.23. The van der Waals surface area contributed by atoms with Crippen LogP contribution in [0.25, 0.3) is 0 Å². The van der Waals surface area contributed by atoms with E-state index in [-0.39, 0.29) is 6.04 Å². The van der Waals surface area contributed by atoms with Crippen molar-refractivity contribution in [3.63, 3.8) is 0 Å². The van der Waals surface area contributed by atoms with Gasteiger partial charge in [0.05, 0.1) is 12.1 Å². The number of benzene rings is 1. The lowest BCUT2D eigenvalue weighted by molar-refractivity contribution is 0.303. The normalized spacial score (nSPS) is 15.9. The lowest BCUT2D eigenvalue weighted by Gasteiger charge is -2.17. The number of hydrogen-bond acceptors (Lipinski definition) is 4. The first-order chi connectivity index (χ1) is 9.76. The molecule has 4 nitrogen and oxygen atoms in total. The fourth-order valence-corrected chi connectivity index (χ4v) is 2.47. The molecule has 1 fully saturated rings. The highest BCUT2D eigenvalue weighted by atomic mass is 79.9. The van der Waals surface area contributed by atoms with Crippen LogP contribution in [0.4, 0.5) is 0 Å². The highest BCUT2D eigenvalue weighted by molar-refractivity contribution is 9.10. The van der Waals surface area contributed by atoms with Gasteiger partial charge in [-0.2, -0.15) is 0 Å². The topological polar surface area (TPSA) is 60.2 Å². The van der Waals surface area contributed by atoms with E-state index in [0.717, 1.165) is 21.3 Å². The molecule has 3 rings (SSSR count). The molecule has 0 radical (unpaired) electrons. The number of nitrogens with zero attached hydrogens (tertiary/aromatic N) is 1. The number of pyridine rings is 1. The molecule has 0 bridgehead atoms. The van der Waals surface area contributed by atoms with Crippen LogP contribution < -0.4 is 16.0 Å². The van der Waals surface area contributed by atoms with Gasteiger partial charge in [-0.25, -0.2) is 5.43 Å². The third kappa shape index (κ3) is 3.17. The van der Waals surface area contributed by atoms with E-state index < -0.39 is 0 Å². The summed E-state index contributed by atoms with van der Waals surface area (Å²) in [7, 11) is 0. The van der Waals surface area contributed by atoms with Gasteiger partial charge in [-0.3, -0.25) is 10.8 Å². The molecule has 2 aromatic rings. The molecule has 1 unspecified atom stereocenters. The van der Waals surface area contributed by atoms with Crippen molar-refractivity contribution in [3.8, 4) is 5.75 Å². The van der Waals surface area contributed by atoms with Crippen molar-refractivity contribution in [1.82, 2.24) is 10.4 Å². The number of halogens is 1. The minimum absolute atomic E-state index is 0.0880. The van der Waals surface area contributed by atoms with E-state index in [1.54, 1.807) is 6.20 Å². The van der Waals surface area contributed by atoms with Crippen LogP contribution in [0.5, 0.6) is 5.75 Å². The smallest absolute Gasteiger partial charge is 0.119 e. The summed E-state index contributed by atoms with van der Waals surface area (Å²) in [5.41, 5.74) is 4.92. The molecule has 5 heteroatoms. The molecular weight excluding hydrogens is 318 g/mol. The number of nitrogens with one attached hydrogen (secondary N) is 1. The van der Waals surface area contributed by atoms with Crippen molar-refractivity contribution >= 4 is 15.9 Å². The zero-order chi connectivity index (χ0) is 13.9. The van der Waals surface area contributed by atoms with Crippen LogP contribution >= 0.6 is 15.9 Å². The molecule has 0 amide bonds. The van der Waals surface area contributed by atoms with Crippen LogP contribution in [0, 0.1) is 0 Å². The van der Waals surface area contributed by atoms with Gasteiger partial charge in [-0.05, 0) is 58.1 Å². The molecule has 104 valence electrons. The summed E-state index contributed by atoms with van der Waals surface area (Å²) in [6.07, 6.45) is 6.31. The molecule has 1 aromatic carbocycles. The lowest BCUT2D eigenvalue weighted by Crippen LogP contribution is -2.28. The molecule has 20 heavy (non-hydrogen) atoms. The molecular formula is C15H16BrN3O. The number of nitrogens with two attached hydrogens (primary N) is 1. The number of hydrogen-bond donors (Lipinski definition) is 2. The van der Waals surface area contributed by atoms with Crippen molar-refractivity contribution < 1.29 is 4.74 Å². The van der Waals surface area contributed by atoms with E-state index in [0.29, 0.717) is 6.10 Å². The fraction of sp³-hybridized carbons (Fsp3) is 0.267. The Bertz CT molecular complexity index is 584. The summed E-state index contributed by atoms with van der Waals surface area (Å²) >= 11 is 3.43. The lowest BCUT2D eigenvalue weighted by atomic mass is 10.0. The van der Waals surface area contributed by atoms with E-state index in [9.17, 15) is 0 Å². The van der Waals surface area contributed by atoms with Gasteiger partial charge in [0.2, 0.25) is 0 Å². The van der Waals surface area contributed by atoms with Gasteiger partial charge in [0.15, 0.2) is 0 Å². The quantitative estimate of drug-likeness (QED) is 0.652. The number of aromatic nitrogens is 1. The molecule has 0 aliphatic heterocycles. The molecule has 1 saturated carbocycles. The maximum absolute atomic E-state index is 5.75. The van der Waals surface area contributed by atoms with Crippen LogP contribution in [0.3, 0.4) is 0 Å². The summed E-state index contributed by atoms with van der Waals surface area (Å²) in [5.74, 6) is 6.61. The second-order valence-electron chi connectivity index (χ2n) is 4.92. The molecule has 1 aliphatic carbocycles. The summed E-state index contributed by atoms with van der Waals surface area (Å²) < 4.78 is 6.68. The van der Waals surface area contributed by atoms with Crippen molar-refractivity contribution in [2.24, 2.45) is 5.84 Å². The highest BCUT2D eigenvalue weighted by Crippen LogP contribution is 2.29. The first-order valence-corrected chi connectivity index (χ1v) is 7.39. The third-order valence-electron chi connectivity index (χ3n) is 3.27. The van der Waals surface area contributed by atoms with Gasteiger partial charge < -0.3 is 4.74 Å². The van der Waals surface area contributed by atoms with Crippen LogP contribution in [0.1, 0.15) is 30.0 Å². The van der Waals surface area contributed by atoms with Crippen LogP contribution in [-0.2, 0) is 0 Å². The van der Waals surface area contributed by atoms with Crippen molar-refractivity contribution in [2.45, 2.75) is 25.0 Å². The Morgan fingerprint density at radius 3 is 2.55 bits per heavy atom. The van der Waals surface area contributed by atoms with Crippen LogP contribution in [0.2, 0.25) is 0 Å². The Morgan fingerprint density at radius 1 is 1.20 bits per heavy atom. The van der Waals surface area contributed by atoms with Gasteiger partial charge >= 0.3 is 0 Å². The second kappa shape index (κ2) is 5.91. The molecule has 1 atom stereocenters. The zero-order valence-corrected chi connectivity index (χ0v) is 12.5. The average Bonchev–Trinajstić information content (AvgIpc) is 3.26. The minimum Gasteiger partial charge on any atom is -0.490 e. The maximum Gasteiger partial charge on any atom is 0.119 e. The van der Waals surface area contributed by atoms with Crippen molar-refractivity contribution in [2.75, 3.05) is 0 Å². The summed E-state index contributed by atoms with van der Waals surface area (Å²) in [5, 5.41) is 0. The maximum atomic E-state index is 5.75. The largest absolute Gasteiger partial charge is 0.490 e. The van der Waals surface area contributed by atoms with E-state index in [4.69, 9.17) is 10.6 Å². The fourth-order valence-electron chi connectivity index (χ4n) is 2.09. The molecule has 1 aliphatic rings. The third-order valence-corrected chi connectivity index (χ3v) is 3.70. The Hall–Kier alpha value is -1.43. The van der Waals surface area contributed by atoms with E-state index in [1.165, 1.54) is 12.8 Å². The summed E-state index contributed by atoms with van der Waals surface area (Å²) in [6.45, 7) is 0. The summed E-state index contributed by atoms with van der Waals surface area (Å²) in [4.78, 5) is 4.18. The average molecular weight is 334 g/mol. The number of hydrazine groups is 1. The van der Waals surface area contributed by atoms with E-state index in [1.807, 2.05) is 36.5 Å². The Labute approximate surface area is 126 Å². The zero-order valence-electron chi connectivity index (χ0n) is 10.9. The van der Waals surface area contributed by atoms with Crippen LogP contribution in [-0.4, -0.2) is 11.1 Å². The van der Waals surface area contributed by atoms with Gasteiger partial charge in [-0.15, -0.1) is 0 Å². The molecule has 1 heterocycles. The van der Waals surface area contributed by atoms with Gasteiger partial charge in [0.1, 0.15) is 5.75 Å². The van der Waals surface area contributed by atoms with Crippen LogP contribution in [0.15, 0.2) is 47.2 Å². The monoisotopic (exact) mass is 333 g/mol. The second-order valence-corrected chi connectivity index (χ2v) is 5.84. The minimum atomic E-state index is -0.0880. The van der Waals surface area contributed by atoms with Gasteiger partial charge in [0, 0.05) is 16.9 Å².